The molecule has 0 spiro atoms. The summed E-state index contributed by atoms with van der Waals surface area (Å²) < 4.78 is 48.5. The van der Waals surface area contributed by atoms with Crippen LogP contribution in [0.5, 0.6) is 17.2 Å². The zero-order valence-corrected chi connectivity index (χ0v) is 19.4. The second-order valence-corrected chi connectivity index (χ2v) is 9.13. The van der Waals surface area contributed by atoms with E-state index in [0.29, 0.717) is 24.7 Å². The molecule has 0 aromatic heterocycles. The summed E-state index contributed by atoms with van der Waals surface area (Å²) in [6, 6.07) is 9.25. The molecule has 1 amide bonds. The number of benzene rings is 2. The predicted molar refractivity (Wildman–Crippen MR) is 118 cm³/mol. The number of methoxy groups -OCH3 is 3. The maximum Gasteiger partial charge on any atom is 0.255 e. The average molecular weight is 465 g/mol. The van der Waals surface area contributed by atoms with E-state index in [1.807, 2.05) is 13.0 Å². The molecule has 1 N–H and O–H groups in total. The van der Waals surface area contributed by atoms with Crippen molar-refractivity contribution in [2.24, 2.45) is 0 Å². The summed E-state index contributed by atoms with van der Waals surface area (Å²) in [5.74, 6) is 0.950. The minimum Gasteiger partial charge on any atom is -0.496 e. The number of morpholine rings is 1. The number of rotatable bonds is 8. The molecule has 0 saturated carbocycles. The second-order valence-electron chi connectivity index (χ2n) is 7.19. The number of ether oxygens (including phenoxy) is 4. The average Bonchev–Trinajstić information content (AvgIpc) is 2.83. The number of carbonyl (C=O) groups is 1. The lowest BCUT2D eigenvalue weighted by molar-refractivity contribution is 0.0730. The van der Waals surface area contributed by atoms with Gasteiger partial charge in [-0.25, -0.2) is 8.42 Å². The van der Waals surface area contributed by atoms with E-state index in [9.17, 15) is 13.2 Å². The molecule has 32 heavy (non-hydrogen) atoms. The van der Waals surface area contributed by atoms with Gasteiger partial charge in [0, 0.05) is 13.1 Å². The molecule has 0 radical (unpaired) electrons. The molecular weight excluding hydrogens is 436 g/mol. The number of sulfonamides is 1. The lowest BCUT2D eigenvalue weighted by atomic mass is 10.1. The van der Waals surface area contributed by atoms with Crippen molar-refractivity contribution in [1.29, 1.82) is 0 Å². The lowest BCUT2D eigenvalue weighted by Gasteiger charge is -2.26. The summed E-state index contributed by atoms with van der Waals surface area (Å²) in [6.45, 7) is 3.04. The molecule has 1 aliphatic rings. The van der Waals surface area contributed by atoms with Gasteiger partial charge in [-0.05, 0) is 42.8 Å². The fourth-order valence-corrected chi connectivity index (χ4v) is 4.88. The van der Waals surface area contributed by atoms with Crippen molar-refractivity contribution in [1.82, 2.24) is 9.62 Å². The van der Waals surface area contributed by atoms with Gasteiger partial charge in [-0.3, -0.25) is 4.79 Å². The molecule has 2 aromatic rings. The molecular formula is C22H28N2O7S. The number of carbonyl (C=O) groups excluding carboxylic acids is 1. The number of nitrogens with zero attached hydrogens (tertiary/aromatic N) is 1. The zero-order valence-electron chi connectivity index (χ0n) is 18.6. The van der Waals surface area contributed by atoms with Crippen LogP contribution in [0, 0.1) is 0 Å². The van der Waals surface area contributed by atoms with E-state index in [-0.39, 0.29) is 35.3 Å². The van der Waals surface area contributed by atoms with E-state index in [1.54, 1.807) is 19.2 Å². The van der Waals surface area contributed by atoms with Crippen molar-refractivity contribution in [2.75, 3.05) is 47.6 Å². The van der Waals surface area contributed by atoms with Crippen LogP contribution in [0.15, 0.2) is 41.3 Å². The van der Waals surface area contributed by atoms with E-state index in [4.69, 9.17) is 18.9 Å². The summed E-state index contributed by atoms with van der Waals surface area (Å²) in [7, 11) is 0.764. The van der Waals surface area contributed by atoms with Crippen LogP contribution in [-0.4, -0.2) is 66.3 Å². The van der Waals surface area contributed by atoms with E-state index < -0.39 is 15.9 Å². The first kappa shape index (κ1) is 23.8. The summed E-state index contributed by atoms with van der Waals surface area (Å²) in [5, 5.41) is 2.89. The third-order valence-electron chi connectivity index (χ3n) is 5.28. The van der Waals surface area contributed by atoms with Gasteiger partial charge < -0.3 is 24.3 Å². The Morgan fingerprint density at radius 1 is 0.969 bits per heavy atom. The van der Waals surface area contributed by atoms with Crippen molar-refractivity contribution >= 4 is 15.9 Å². The van der Waals surface area contributed by atoms with Crippen LogP contribution in [0.2, 0.25) is 0 Å². The fourth-order valence-electron chi connectivity index (χ4n) is 3.44. The summed E-state index contributed by atoms with van der Waals surface area (Å²) >= 11 is 0. The molecule has 1 saturated heterocycles. The minimum absolute atomic E-state index is 0.0316. The van der Waals surface area contributed by atoms with Crippen molar-refractivity contribution in [3.63, 3.8) is 0 Å². The Morgan fingerprint density at radius 2 is 1.59 bits per heavy atom. The quantitative estimate of drug-likeness (QED) is 0.639. The normalized spacial score (nSPS) is 15.6. The first-order chi connectivity index (χ1) is 15.3. The summed E-state index contributed by atoms with van der Waals surface area (Å²) in [6.07, 6.45) is 0. The molecule has 174 valence electrons. The number of hydrogen-bond acceptors (Lipinski definition) is 7. The highest BCUT2D eigenvalue weighted by atomic mass is 32.2. The molecule has 9 nitrogen and oxygen atoms in total. The third kappa shape index (κ3) is 4.98. The SMILES string of the molecule is COc1ccc(C(C)NC(=O)c2cc(S(=O)(=O)N3CCOCC3)ccc2OC)cc1OC. The zero-order chi connectivity index (χ0) is 23.3. The standard InChI is InChI=1S/C22H28N2O7S/c1-15(16-5-7-20(29-3)21(13-16)30-4)23-22(25)18-14-17(6-8-19(18)28-2)32(26,27)24-9-11-31-12-10-24/h5-8,13-15H,9-12H2,1-4H3,(H,23,25). The molecule has 1 heterocycles. The van der Waals surface area contributed by atoms with E-state index >= 15 is 0 Å². The first-order valence-electron chi connectivity index (χ1n) is 10.1. The number of amides is 1. The Morgan fingerprint density at radius 3 is 2.22 bits per heavy atom. The maximum atomic E-state index is 13.1. The molecule has 1 aliphatic heterocycles. The minimum atomic E-state index is -3.75. The largest absolute Gasteiger partial charge is 0.496 e. The van der Waals surface area contributed by atoms with Crippen LogP contribution in [0.3, 0.4) is 0 Å². The predicted octanol–water partition coefficient (Wildman–Crippen LogP) is 2.22. The van der Waals surface area contributed by atoms with Gasteiger partial charge in [0.2, 0.25) is 10.0 Å². The van der Waals surface area contributed by atoms with Gasteiger partial charge in [-0.15, -0.1) is 0 Å². The van der Waals surface area contributed by atoms with Crippen LogP contribution in [0.25, 0.3) is 0 Å². The number of hydrogen-bond donors (Lipinski definition) is 1. The molecule has 1 unspecified atom stereocenters. The molecule has 1 fully saturated rings. The smallest absolute Gasteiger partial charge is 0.255 e. The van der Waals surface area contributed by atoms with Crippen molar-refractivity contribution < 1.29 is 32.2 Å². The van der Waals surface area contributed by atoms with Crippen LogP contribution >= 0.6 is 0 Å². The highest BCUT2D eigenvalue weighted by molar-refractivity contribution is 7.89. The van der Waals surface area contributed by atoms with Gasteiger partial charge in [0.15, 0.2) is 11.5 Å². The molecule has 1 atom stereocenters. The van der Waals surface area contributed by atoms with Crippen molar-refractivity contribution in [2.45, 2.75) is 17.9 Å². The fraction of sp³-hybridized carbons (Fsp3) is 0.409. The molecule has 0 aliphatic carbocycles. The van der Waals surface area contributed by atoms with E-state index in [2.05, 4.69) is 5.32 Å². The van der Waals surface area contributed by atoms with E-state index in [0.717, 1.165) is 5.56 Å². The molecule has 3 rings (SSSR count). The van der Waals surface area contributed by atoms with Gasteiger partial charge in [0.1, 0.15) is 5.75 Å². The lowest BCUT2D eigenvalue weighted by Crippen LogP contribution is -2.40. The molecule has 2 aromatic carbocycles. The first-order valence-corrected chi connectivity index (χ1v) is 11.5. The third-order valence-corrected chi connectivity index (χ3v) is 7.17. The second kappa shape index (κ2) is 10.2. The Labute approximate surface area is 188 Å². The number of nitrogens with one attached hydrogen (secondary N) is 1. The van der Waals surface area contributed by atoms with E-state index in [1.165, 1.54) is 36.7 Å². The van der Waals surface area contributed by atoms with Crippen LogP contribution in [-0.2, 0) is 14.8 Å². The van der Waals surface area contributed by atoms with Crippen LogP contribution in [0.1, 0.15) is 28.9 Å². The van der Waals surface area contributed by atoms with Crippen molar-refractivity contribution in [3.8, 4) is 17.2 Å². The highest BCUT2D eigenvalue weighted by Gasteiger charge is 2.28. The summed E-state index contributed by atoms with van der Waals surface area (Å²) in [4.78, 5) is 13.1. The Bertz CT molecular complexity index is 1070. The topological polar surface area (TPSA) is 103 Å². The Balaban J connectivity index is 1.86. The summed E-state index contributed by atoms with van der Waals surface area (Å²) in [5.41, 5.74) is 0.932. The van der Waals surface area contributed by atoms with Gasteiger partial charge >= 0.3 is 0 Å². The van der Waals surface area contributed by atoms with Gasteiger partial charge in [-0.2, -0.15) is 4.31 Å². The van der Waals surface area contributed by atoms with Crippen molar-refractivity contribution in [3.05, 3.63) is 47.5 Å². The Hall–Kier alpha value is -2.82. The maximum absolute atomic E-state index is 13.1. The van der Waals surface area contributed by atoms with Crippen LogP contribution < -0.4 is 19.5 Å². The molecule has 10 heteroatoms. The molecule has 0 bridgehead atoms. The van der Waals surface area contributed by atoms with Gasteiger partial charge in [-0.1, -0.05) is 6.07 Å². The van der Waals surface area contributed by atoms with Gasteiger partial charge in [0.05, 0.1) is 51.0 Å². The highest BCUT2D eigenvalue weighted by Crippen LogP contribution is 2.30. The van der Waals surface area contributed by atoms with Crippen LogP contribution in [0.4, 0.5) is 0 Å². The monoisotopic (exact) mass is 464 g/mol. The van der Waals surface area contributed by atoms with Gasteiger partial charge in [0.25, 0.3) is 5.91 Å². The Kier molecular flexibility index (Phi) is 7.60.